The molecule has 5 heteroatoms. The molecule has 0 radical (unpaired) electrons. The number of hydrogen-bond acceptors (Lipinski definition) is 4. The summed E-state index contributed by atoms with van der Waals surface area (Å²) in [6.45, 7) is 0. The predicted molar refractivity (Wildman–Crippen MR) is 61.0 cm³/mol. The molecule has 0 spiro atoms. The summed E-state index contributed by atoms with van der Waals surface area (Å²) in [7, 11) is 0. The highest BCUT2D eigenvalue weighted by atomic mass is 15.3. The summed E-state index contributed by atoms with van der Waals surface area (Å²) >= 11 is 0. The number of fused-ring (bicyclic) bond motifs is 1. The van der Waals surface area contributed by atoms with E-state index in [1.165, 1.54) is 32.1 Å². The molecule has 3 rings (SSSR count). The van der Waals surface area contributed by atoms with Gasteiger partial charge >= 0.3 is 0 Å². The summed E-state index contributed by atoms with van der Waals surface area (Å²) in [6.07, 6.45) is 7.95. The lowest BCUT2D eigenvalue weighted by Crippen LogP contribution is -2.06. The molecule has 5 nitrogen and oxygen atoms in total. The summed E-state index contributed by atoms with van der Waals surface area (Å²) in [5.41, 5.74) is 5.82. The van der Waals surface area contributed by atoms with Crippen molar-refractivity contribution in [2.75, 3.05) is 5.73 Å². The summed E-state index contributed by atoms with van der Waals surface area (Å²) in [6, 6.07) is 1.74. The van der Waals surface area contributed by atoms with Crippen molar-refractivity contribution < 1.29 is 0 Å². The van der Waals surface area contributed by atoms with Crippen LogP contribution in [0.1, 0.15) is 43.8 Å². The Hall–Kier alpha value is -1.65. The Bertz CT molecular complexity index is 498. The second kappa shape index (κ2) is 3.73. The number of nitrogens with two attached hydrogens (primary N) is 1. The Kier molecular flexibility index (Phi) is 2.23. The van der Waals surface area contributed by atoms with Gasteiger partial charge in [0, 0.05) is 12.1 Å². The maximum absolute atomic E-state index is 5.82. The first-order valence-corrected chi connectivity index (χ1v) is 5.82. The number of rotatable bonds is 1. The highest BCUT2D eigenvalue weighted by Crippen LogP contribution is 2.30. The molecule has 16 heavy (non-hydrogen) atoms. The average molecular weight is 217 g/mol. The van der Waals surface area contributed by atoms with E-state index in [0.29, 0.717) is 17.5 Å². The van der Waals surface area contributed by atoms with Crippen LogP contribution in [0.15, 0.2) is 12.3 Å². The maximum atomic E-state index is 5.82. The molecule has 84 valence electrons. The Morgan fingerprint density at radius 2 is 2.06 bits per heavy atom. The van der Waals surface area contributed by atoms with E-state index in [4.69, 9.17) is 5.73 Å². The molecule has 0 aromatic carbocycles. The number of nitrogen functional groups attached to an aromatic ring is 1. The smallest absolute Gasteiger partial charge is 0.254 e. The molecule has 0 bridgehead atoms. The van der Waals surface area contributed by atoms with Gasteiger partial charge in [0.25, 0.3) is 5.78 Å². The van der Waals surface area contributed by atoms with E-state index < -0.39 is 0 Å². The minimum Gasteiger partial charge on any atom is -0.383 e. The molecule has 0 amide bonds. The lowest BCUT2D eigenvalue weighted by atomic mass is 9.89. The third-order valence-corrected chi connectivity index (χ3v) is 3.26. The highest BCUT2D eigenvalue weighted by molar-refractivity contribution is 5.39. The molecule has 2 N–H and O–H groups in total. The van der Waals surface area contributed by atoms with Gasteiger partial charge in [0.2, 0.25) is 0 Å². The van der Waals surface area contributed by atoms with Crippen molar-refractivity contribution in [2.24, 2.45) is 0 Å². The van der Waals surface area contributed by atoms with Crippen LogP contribution in [0, 0.1) is 0 Å². The minimum atomic E-state index is 0.495. The van der Waals surface area contributed by atoms with Crippen LogP contribution in [-0.4, -0.2) is 19.6 Å². The van der Waals surface area contributed by atoms with Gasteiger partial charge in [-0.25, -0.2) is 4.98 Å². The van der Waals surface area contributed by atoms with E-state index in [9.17, 15) is 0 Å². The molecular formula is C11H15N5. The van der Waals surface area contributed by atoms with Gasteiger partial charge in [-0.1, -0.05) is 19.3 Å². The van der Waals surface area contributed by atoms with Gasteiger partial charge in [0.1, 0.15) is 5.82 Å². The van der Waals surface area contributed by atoms with E-state index in [0.717, 1.165) is 5.82 Å². The molecule has 2 aromatic heterocycles. The van der Waals surface area contributed by atoms with Gasteiger partial charge in [-0.15, -0.1) is 5.10 Å². The van der Waals surface area contributed by atoms with Gasteiger partial charge in [-0.2, -0.15) is 9.50 Å². The molecule has 1 aliphatic rings. The molecule has 1 fully saturated rings. The molecule has 0 atom stereocenters. The van der Waals surface area contributed by atoms with Gasteiger partial charge in [0.05, 0.1) is 0 Å². The quantitative estimate of drug-likeness (QED) is 0.790. The fourth-order valence-electron chi connectivity index (χ4n) is 2.36. The predicted octanol–water partition coefficient (Wildman–Crippen LogP) is 1.75. The first-order chi connectivity index (χ1) is 7.84. The molecule has 1 aliphatic carbocycles. The third kappa shape index (κ3) is 1.52. The molecule has 1 saturated carbocycles. The molecular weight excluding hydrogens is 202 g/mol. The van der Waals surface area contributed by atoms with Crippen LogP contribution in [0.5, 0.6) is 0 Å². The van der Waals surface area contributed by atoms with Crippen molar-refractivity contribution in [1.82, 2.24) is 19.6 Å². The lowest BCUT2D eigenvalue weighted by molar-refractivity contribution is 0.429. The van der Waals surface area contributed by atoms with Crippen LogP contribution in [0.4, 0.5) is 5.82 Å². The topological polar surface area (TPSA) is 69.1 Å². The van der Waals surface area contributed by atoms with Crippen molar-refractivity contribution in [3.63, 3.8) is 0 Å². The Labute approximate surface area is 93.7 Å². The van der Waals surface area contributed by atoms with E-state index in [2.05, 4.69) is 15.1 Å². The van der Waals surface area contributed by atoms with Crippen LogP contribution in [0.25, 0.3) is 5.78 Å². The van der Waals surface area contributed by atoms with Gasteiger partial charge in [-0.05, 0) is 18.9 Å². The van der Waals surface area contributed by atoms with Crippen LogP contribution in [0.2, 0.25) is 0 Å². The van der Waals surface area contributed by atoms with E-state index >= 15 is 0 Å². The van der Waals surface area contributed by atoms with Crippen molar-refractivity contribution in [3.05, 3.63) is 18.1 Å². The number of aromatic nitrogens is 4. The number of anilines is 1. The average Bonchev–Trinajstić information content (AvgIpc) is 2.76. The molecule has 2 aromatic rings. The molecule has 2 heterocycles. The minimum absolute atomic E-state index is 0.495. The first-order valence-electron chi connectivity index (χ1n) is 5.82. The summed E-state index contributed by atoms with van der Waals surface area (Å²) < 4.78 is 1.63. The van der Waals surface area contributed by atoms with Gasteiger partial charge < -0.3 is 5.73 Å². The Balaban J connectivity index is 2.01. The maximum Gasteiger partial charge on any atom is 0.254 e. The Morgan fingerprint density at radius 3 is 2.81 bits per heavy atom. The van der Waals surface area contributed by atoms with Gasteiger partial charge in [-0.3, -0.25) is 0 Å². The second-order valence-corrected chi connectivity index (χ2v) is 4.39. The normalized spacial score (nSPS) is 18.0. The zero-order chi connectivity index (χ0) is 11.0. The van der Waals surface area contributed by atoms with E-state index in [1.807, 2.05) is 0 Å². The molecule has 0 unspecified atom stereocenters. The van der Waals surface area contributed by atoms with Gasteiger partial charge in [0.15, 0.2) is 5.82 Å². The fourth-order valence-corrected chi connectivity index (χ4v) is 2.36. The zero-order valence-corrected chi connectivity index (χ0v) is 9.13. The van der Waals surface area contributed by atoms with Crippen LogP contribution in [0.3, 0.4) is 0 Å². The number of nitrogens with zero attached hydrogens (tertiary/aromatic N) is 4. The Morgan fingerprint density at radius 1 is 1.25 bits per heavy atom. The van der Waals surface area contributed by atoms with Crippen molar-refractivity contribution in [1.29, 1.82) is 0 Å². The second-order valence-electron chi connectivity index (χ2n) is 4.39. The SMILES string of the molecule is Nc1ccnc2nc(C3CCCCC3)nn12. The molecule has 0 aliphatic heterocycles. The van der Waals surface area contributed by atoms with Crippen LogP contribution in [-0.2, 0) is 0 Å². The highest BCUT2D eigenvalue weighted by Gasteiger charge is 2.20. The standard InChI is InChI=1S/C11H15N5/c12-9-6-7-13-11-14-10(15-16(9)11)8-4-2-1-3-5-8/h6-8H,1-5,12H2. The third-order valence-electron chi connectivity index (χ3n) is 3.26. The summed E-state index contributed by atoms with van der Waals surface area (Å²) in [5.74, 6) is 2.61. The van der Waals surface area contributed by atoms with E-state index in [-0.39, 0.29) is 0 Å². The van der Waals surface area contributed by atoms with Crippen molar-refractivity contribution in [3.8, 4) is 0 Å². The zero-order valence-electron chi connectivity index (χ0n) is 9.13. The lowest BCUT2D eigenvalue weighted by Gasteiger charge is -2.17. The van der Waals surface area contributed by atoms with Crippen LogP contribution < -0.4 is 5.73 Å². The van der Waals surface area contributed by atoms with Crippen molar-refractivity contribution in [2.45, 2.75) is 38.0 Å². The number of hydrogen-bond donors (Lipinski definition) is 1. The fraction of sp³-hybridized carbons (Fsp3) is 0.545. The van der Waals surface area contributed by atoms with Crippen LogP contribution >= 0.6 is 0 Å². The van der Waals surface area contributed by atoms with Crippen molar-refractivity contribution >= 4 is 11.6 Å². The monoisotopic (exact) mass is 217 g/mol. The first kappa shape index (κ1) is 9.57. The summed E-state index contributed by atoms with van der Waals surface area (Å²) in [5, 5.41) is 4.45. The molecule has 0 saturated heterocycles. The largest absolute Gasteiger partial charge is 0.383 e. The summed E-state index contributed by atoms with van der Waals surface area (Å²) in [4.78, 5) is 8.62. The van der Waals surface area contributed by atoms with E-state index in [1.54, 1.807) is 16.8 Å².